The molecule has 112 heavy (non-hydrogen) atoms. The quantitative estimate of drug-likeness (QED) is 0.0174. The maximum atomic E-state index is 14.9. The van der Waals surface area contributed by atoms with E-state index in [0.29, 0.717) is 88.9 Å². The Morgan fingerprint density at radius 3 is 1.86 bits per heavy atom. The number of aromatic nitrogens is 2. The Hall–Kier alpha value is -9.44. The zero-order chi connectivity index (χ0) is 82.4. The number of ether oxygens (including phenoxy) is 8. The van der Waals surface area contributed by atoms with Crippen molar-refractivity contribution in [3.8, 4) is 23.6 Å². The number of nitriles is 1. The minimum absolute atomic E-state index is 0.0538. The molecule has 0 unspecified atom stereocenters. The summed E-state index contributed by atoms with van der Waals surface area (Å²) in [5.74, 6) is -0.237. The van der Waals surface area contributed by atoms with Crippen LogP contribution in [0.2, 0.25) is 0 Å². The van der Waals surface area contributed by atoms with Crippen molar-refractivity contribution in [1.82, 2.24) is 51.1 Å². The number of aliphatic hydroxyl groups excluding tert-OH is 1. The molecule has 2 heterocycles. The van der Waals surface area contributed by atoms with Crippen LogP contribution in [0.3, 0.4) is 0 Å². The molecule has 4 aromatic rings. The lowest BCUT2D eigenvalue weighted by Gasteiger charge is -2.41. The number of methoxy groups -OCH3 is 2. The van der Waals surface area contributed by atoms with Crippen LogP contribution in [0.15, 0.2) is 85.1 Å². The van der Waals surface area contributed by atoms with Crippen LogP contribution in [-0.4, -0.2) is 238 Å². The molecule has 0 bridgehead atoms. The van der Waals surface area contributed by atoms with Crippen LogP contribution in [0.25, 0.3) is 5.69 Å². The van der Waals surface area contributed by atoms with Crippen LogP contribution in [0.1, 0.15) is 143 Å². The van der Waals surface area contributed by atoms with Gasteiger partial charge in [0, 0.05) is 65.0 Å². The Morgan fingerprint density at radius 1 is 0.688 bits per heavy atom. The van der Waals surface area contributed by atoms with Crippen LogP contribution in [0.5, 0.6) is 0 Å². The first-order chi connectivity index (χ1) is 53.5. The summed E-state index contributed by atoms with van der Waals surface area (Å²) < 4.78 is 47.6. The highest BCUT2D eigenvalue weighted by Gasteiger charge is 2.44. The van der Waals surface area contributed by atoms with Crippen molar-refractivity contribution < 1.29 is 86.2 Å². The molecule has 12 atom stereocenters. The number of nitrogens with two attached hydrogens (primary N) is 1. The van der Waals surface area contributed by atoms with Crippen molar-refractivity contribution in [2.45, 2.75) is 188 Å². The van der Waals surface area contributed by atoms with Crippen LogP contribution in [0.4, 0.5) is 15.3 Å². The van der Waals surface area contributed by atoms with Gasteiger partial charge in [0.05, 0.1) is 132 Å². The molecule has 31 nitrogen and oxygen atoms in total. The largest absolute Gasteiger partial charge is 0.445 e. The molecule has 10 amide bonds. The third kappa shape index (κ3) is 30.2. The third-order valence-electron chi connectivity index (χ3n) is 19.7. The SMILES string of the molecule is CC[C@H](C)[C@@H]([C@@H](CC(=O)N1CCC[C@H]1[C@H](OC)[C@@H](C)C(=O)N[C@H](C)[C@@H](O)c1ccccc1)OC)N(C)C(=O)[C@@H](NC(=O)[C@H](C(C)C)N(C)C(=O)OCc1ccc(NC(=O)[C@H](CCCNC(N)=O)NC(=O)[C@@H](NC(=O)CCOCCOCCOCCOCCOCc2cn(-c3ccc(C#CC#N)cc3)[nH]2)C(C)C)cc1)C(C)C. The highest BCUT2D eigenvalue weighted by atomic mass is 16.6. The number of H-pyrrole nitrogens is 1. The number of amides is 10. The number of nitrogens with zero attached hydrogens (tertiary/aromatic N) is 5. The molecule has 1 aromatic heterocycles. The van der Waals surface area contributed by atoms with E-state index in [4.69, 9.17) is 48.9 Å². The molecule has 5 rings (SSSR count). The molecule has 10 N–H and O–H groups in total. The highest BCUT2D eigenvalue weighted by Crippen LogP contribution is 2.31. The summed E-state index contributed by atoms with van der Waals surface area (Å²) in [6.45, 7) is 21.6. The Kier molecular flexibility index (Phi) is 40.9. The third-order valence-corrected chi connectivity index (χ3v) is 19.7. The Labute approximate surface area is 659 Å². The van der Waals surface area contributed by atoms with Gasteiger partial charge in [-0.3, -0.25) is 48.2 Å². The van der Waals surface area contributed by atoms with Gasteiger partial charge in [0.1, 0.15) is 30.8 Å². The fraction of sp³-hybridized carbons (Fsp3) is 0.605. The maximum absolute atomic E-state index is 14.9. The minimum atomic E-state index is -1.12. The number of carbonyl (C=O) groups excluding carboxylic acids is 9. The van der Waals surface area contributed by atoms with E-state index in [1.54, 1.807) is 115 Å². The zero-order valence-corrected chi connectivity index (χ0v) is 67.6. The topological polar surface area (TPSA) is 400 Å². The number of hydrogen-bond donors (Lipinski definition) is 9. The van der Waals surface area contributed by atoms with Crippen LogP contribution in [-0.2, 0) is 84.7 Å². The minimum Gasteiger partial charge on any atom is -0.445 e. The van der Waals surface area contributed by atoms with E-state index in [1.165, 1.54) is 26.2 Å². The summed E-state index contributed by atoms with van der Waals surface area (Å²) in [6.07, 6.45) is 0.772. The number of primary amides is 1. The van der Waals surface area contributed by atoms with Gasteiger partial charge >= 0.3 is 12.1 Å². The van der Waals surface area contributed by atoms with Crippen LogP contribution < -0.4 is 37.6 Å². The molecule has 1 saturated heterocycles. The van der Waals surface area contributed by atoms with Crippen molar-refractivity contribution in [2.75, 3.05) is 106 Å². The molecular weight excluding hydrogens is 1440 g/mol. The monoisotopic (exact) mass is 1560 g/mol. The number of hydrogen-bond acceptors (Lipinski definition) is 19. The fourth-order valence-corrected chi connectivity index (χ4v) is 13.2. The molecule has 3 aromatic carbocycles. The van der Waals surface area contributed by atoms with Gasteiger partial charge in [-0.15, -0.1) is 0 Å². The summed E-state index contributed by atoms with van der Waals surface area (Å²) in [6, 6.07) is 18.0. The fourth-order valence-electron chi connectivity index (χ4n) is 13.2. The smallest absolute Gasteiger partial charge is 0.410 e. The highest BCUT2D eigenvalue weighted by molar-refractivity contribution is 5.98. The van der Waals surface area contributed by atoms with Crippen molar-refractivity contribution in [3.63, 3.8) is 0 Å². The van der Waals surface area contributed by atoms with Gasteiger partial charge in [-0.1, -0.05) is 117 Å². The first-order valence-electron chi connectivity index (χ1n) is 38.6. The summed E-state index contributed by atoms with van der Waals surface area (Å²) in [5, 5.41) is 39.5. The molecule has 1 fully saturated rings. The molecule has 0 aliphatic carbocycles. The van der Waals surface area contributed by atoms with Gasteiger partial charge in [-0.2, -0.15) is 5.26 Å². The number of anilines is 1. The molecule has 0 saturated carbocycles. The molecule has 0 spiro atoms. The molecule has 1 aliphatic heterocycles. The number of aliphatic hydroxyl groups is 1. The van der Waals surface area contributed by atoms with Gasteiger partial charge in [-0.05, 0) is 104 Å². The van der Waals surface area contributed by atoms with E-state index in [1.807, 2.05) is 67.2 Å². The van der Waals surface area contributed by atoms with Crippen molar-refractivity contribution >= 4 is 59.2 Å². The van der Waals surface area contributed by atoms with Crippen molar-refractivity contribution in [3.05, 3.63) is 107 Å². The Balaban J connectivity index is 1.05. The average molecular weight is 1560 g/mol. The molecule has 618 valence electrons. The number of likely N-dealkylation sites (tertiary alicyclic amines) is 1. The van der Waals surface area contributed by atoms with Crippen LogP contribution >= 0.6 is 0 Å². The summed E-state index contributed by atoms with van der Waals surface area (Å²) in [5.41, 5.74) is 9.42. The van der Waals surface area contributed by atoms with E-state index in [9.17, 15) is 48.3 Å². The van der Waals surface area contributed by atoms with Gasteiger partial charge in [0.25, 0.3) is 0 Å². The predicted molar refractivity (Wildman–Crippen MR) is 419 cm³/mol. The lowest BCUT2D eigenvalue weighted by molar-refractivity contribution is -0.148. The number of rotatable bonds is 50. The van der Waals surface area contributed by atoms with E-state index in [-0.39, 0.29) is 82.3 Å². The standard InChI is InChI=1S/C81H121N13O18/c1-15-55(8)72(66(105-13)48-68(96)93-38-21-26-65(93)74(106-14)56(9)75(98)85-57(10)73(97)60-23-17-16-18-24-60)91(11)79(102)70(53(4)5)89-78(101)71(54(6)7)92(12)81(104)112-50-59-27-31-61(32-28-59)86-76(99)64(25-20-37-84-80(83)103)87-77(100)69(52(2)3)88-67(95)35-39-107-40-41-108-42-43-109-44-45-110-46-47-111-51-62-49-94(90-62)63-33-29-58(30-34-63)22-19-36-82/h16-18,23-24,27-34,49,52-57,64-66,69-74,90,97H,15,20-21,25-26,35,37-48,50-51H2,1-14H3,(H,85,98)(H,86,99)(H,87,100)(H,88,95)(H,89,101)(H3,83,84,103)/t55-,56+,57+,64-,65-,66+,69-,70-,71-,72-,73+,74+/m0/s1. The van der Waals surface area contributed by atoms with Gasteiger partial charge in [-0.25, -0.2) is 9.59 Å². The first kappa shape index (κ1) is 93.2. The predicted octanol–water partition coefficient (Wildman–Crippen LogP) is 6.26. The number of likely N-dealkylation sites (N-methyl/N-ethyl adjacent to an activating group) is 2. The molecule has 0 radical (unpaired) electrons. The Bertz CT molecular complexity index is 3660. The number of aromatic amines is 1. The molecular formula is C81H121N13O18. The van der Waals surface area contributed by atoms with Gasteiger partial charge < -0.3 is 90.4 Å². The van der Waals surface area contributed by atoms with Crippen molar-refractivity contribution in [1.29, 1.82) is 5.26 Å². The van der Waals surface area contributed by atoms with Gasteiger partial charge in [0.15, 0.2) is 6.07 Å². The van der Waals surface area contributed by atoms with E-state index in [2.05, 4.69) is 48.8 Å². The first-order valence-corrected chi connectivity index (χ1v) is 38.6. The van der Waals surface area contributed by atoms with E-state index in [0.717, 1.165) is 16.9 Å². The summed E-state index contributed by atoms with van der Waals surface area (Å²) >= 11 is 0. The molecule has 1 aliphatic rings. The second-order valence-electron chi connectivity index (χ2n) is 29.1. The summed E-state index contributed by atoms with van der Waals surface area (Å²) in [4.78, 5) is 128. The second-order valence-corrected chi connectivity index (χ2v) is 29.1. The molecule has 31 heteroatoms. The lowest BCUT2D eigenvalue weighted by Crippen LogP contribution is -2.60. The van der Waals surface area contributed by atoms with Crippen molar-refractivity contribution in [2.24, 2.45) is 35.3 Å². The number of urea groups is 1. The lowest BCUT2D eigenvalue weighted by atomic mass is 9.89. The number of benzene rings is 3. The van der Waals surface area contributed by atoms with E-state index >= 15 is 0 Å². The van der Waals surface area contributed by atoms with Crippen LogP contribution in [0, 0.1) is 52.8 Å². The number of carbonyl (C=O) groups is 9. The average Bonchev–Trinajstić information content (AvgIpc) is 1.49. The second kappa shape index (κ2) is 49.1. The maximum Gasteiger partial charge on any atom is 0.410 e. The Morgan fingerprint density at radius 2 is 1.29 bits per heavy atom. The normalized spacial score (nSPS) is 15.7. The number of nitrogens with one attached hydrogen (secondary N) is 7. The summed E-state index contributed by atoms with van der Waals surface area (Å²) in [7, 11) is 6.09. The zero-order valence-electron chi connectivity index (χ0n) is 67.6. The van der Waals surface area contributed by atoms with Gasteiger partial charge in [0.2, 0.25) is 41.4 Å². The van der Waals surface area contributed by atoms with E-state index < -0.39 is 120 Å².